The van der Waals surface area contributed by atoms with Gasteiger partial charge in [-0.1, -0.05) is 38.3 Å². The molecular formula is C21H32O5. The highest BCUT2D eigenvalue weighted by molar-refractivity contribution is 5.84. The van der Waals surface area contributed by atoms with Crippen LogP contribution in [0, 0.1) is 29.6 Å². The monoisotopic (exact) mass is 364 g/mol. The Morgan fingerprint density at radius 1 is 1.31 bits per heavy atom. The molecule has 0 aromatic heterocycles. The molecule has 146 valence electrons. The first-order valence-electron chi connectivity index (χ1n) is 9.55. The Labute approximate surface area is 156 Å². The molecule has 5 nitrogen and oxygen atoms in total. The topological polar surface area (TPSA) is 94.8 Å². The van der Waals surface area contributed by atoms with Crippen LogP contribution in [0.5, 0.6) is 0 Å². The van der Waals surface area contributed by atoms with Gasteiger partial charge in [-0.25, -0.2) is 0 Å². The fraction of sp³-hybridized carbons (Fsp3) is 0.714. The molecule has 0 aromatic rings. The lowest BCUT2D eigenvalue weighted by Crippen LogP contribution is -2.20. The largest absolute Gasteiger partial charge is 0.481 e. The van der Waals surface area contributed by atoms with Crippen molar-refractivity contribution >= 4 is 11.8 Å². The summed E-state index contributed by atoms with van der Waals surface area (Å²) in [7, 11) is 0. The number of aliphatic carboxylic acids is 1. The molecule has 0 bridgehead atoms. The van der Waals surface area contributed by atoms with Gasteiger partial charge in [0.25, 0.3) is 0 Å². The highest BCUT2D eigenvalue weighted by Gasteiger charge is 2.39. The zero-order valence-electron chi connectivity index (χ0n) is 15.9. The Kier molecular flexibility index (Phi) is 10.2. The van der Waals surface area contributed by atoms with Crippen LogP contribution in [0.3, 0.4) is 0 Å². The summed E-state index contributed by atoms with van der Waals surface area (Å²) >= 11 is 0. The van der Waals surface area contributed by atoms with Gasteiger partial charge in [-0.3, -0.25) is 9.59 Å². The summed E-state index contributed by atoms with van der Waals surface area (Å²) < 4.78 is 0. The summed E-state index contributed by atoms with van der Waals surface area (Å²) in [5, 5.41) is 29.0. The average Bonchev–Trinajstić information content (AvgIpc) is 2.86. The lowest BCUT2D eigenvalue weighted by atomic mass is 9.88. The summed E-state index contributed by atoms with van der Waals surface area (Å²) in [4.78, 5) is 22.7. The standard InChI is InChI=1S/C21H32O5/c1-3-4-9-15(2)18(22)13-12-17-16(19(23)14-20(17)24)10-7-5-6-8-11-21(25)26/h12-13,15-18,20,22,24H,5-11,14H2,1-2H3,(H,25,26)/b13-12+/t15-,16+,17+,18+,20+/m0/s1. The zero-order valence-corrected chi connectivity index (χ0v) is 15.9. The van der Waals surface area contributed by atoms with Crippen molar-refractivity contribution in [3.05, 3.63) is 12.2 Å². The molecule has 5 heteroatoms. The minimum absolute atomic E-state index is 0.000586. The van der Waals surface area contributed by atoms with E-state index >= 15 is 0 Å². The molecule has 0 spiro atoms. The molecular weight excluding hydrogens is 332 g/mol. The van der Waals surface area contributed by atoms with Gasteiger partial charge in [0.2, 0.25) is 0 Å². The fourth-order valence-electron chi connectivity index (χ4n) is 3.40. The fourth-order valence-corrected chi connectivity index (χ4v) is 3.40. The maximum atomic E-state index is 12.2. The summed E-state index contributed by atoms with van der Waals surface area (Å²) in [6, 6.07) is 0. The van der Waals surface area contributed by atoms with E-state index in [-0.39, 0.29) is 36.4 Å². The highest BCUT2D eigenvalue weighted by atomic mass is 16.4. The molecule has 0 unspecified atom stereocenters. The van der Waals surface area contributed by atoms with Crippen molar-refractivity contribution in [2.75, 3.05) is 0 Å². The van der Waals surface area contributed by atoms with E-state index in [4.69, 9.17) is 5.11 Å². The number of rotatable bonds is 11. The van der Waals surface area contributed by atoms with Crippen LogP contribution in [0.2, 0.25) is 0 Å². The molecule has 0 aliphatic heterocycles. The van der Waals surface area contributed by atoms with Gasteiger partial charge in [-0.2, -0.15) is 0 Å². The molecule has 26 heavy (non-hydrogen) atoms. The first-order chi connectivity index (χ1) is 12.4. The third-order valence-electron chi connectivity index (χ3n) is 5.10. The predicted octanol–water partition coefficient (Wildman–Crippen LogP) is 2.94. The van der Waals surface area contributed by atoms with Crippen LogP contribution in [0.15, 0.2) is 12.2 Å². The van der Waals surface area contributed by atoms with Crippen molar-refractivity contribution in [1.29, 1.82) is 0 Å². The molecule has 1 fully saturated rings. The number of carboxylic acid groups (broad SMARTS) is 1. The first-order valence-corrected chi connectivity index (χ1v) is 9.55. The Morgan fingerprint density at radius 2 is 2.00 bits per heavy atom. The smallest absolute Gasteiger partial charge is 0.303 e. The minimum Gasteiger partial charge on any atom is -0.481 e. The van der Waals surface area contributed by atoms with Crippen LogP contribution in [-0.4, -0.2) is 39.3 Å². The van der Waals surface area contributed by atoms with Crippen molar-refractivity contribution in [2.24, 2.45) is 17.8 Å². The average molecular weight is 364 g/mol. The number of carboxylic acids is 1. The van der Waals surface area contributed by atoms with E-state index < -0.39 is 18.2 Å². The number of hydrogen-bond donors (Lipinski definition) is 3. The molecule has 5 atom stereocenters. The normalized spacial score (nSPS) is 25.1. The summed E-state index contributed by atoms with van der Waals surface area (Å²) in [5.74, 6) is 4.61. The van der Waals surface area contributed by atoms with E-state index in [2.05, 4.69) is 11.8 Å². The van der Waals surface area contributed by atoms with Gasteiger partial charge in [0.05, 0.1) is 12.2 Å². The Balaban J connectivity index is 2.50. The van der Waals surface area contributed by atoms with Crippen molar-refractivity contribution in [3.63, 3.8) is 0 Å². The van der Waals surface area contributed by atoms with Crippen molar-refractivity contribution in [3.8, 4) is 11.8 Å². The van der Waals surface area contributed by atoms with Crippen LogP contribution < -0.4 is 0 Å². The van der Waals surface area contributed by atoms with E-state index in [9.17, 15) is 19.8 Å². The van der Waals surface area contributed by atoms with Crippen molar-refractivity contribution < 1.29 is 24.9 Å². The molecule has 0 amide bonds. The number of aliphatic hydroxyl groups excluding tert-OH is 2. The maximum absolute atomic E-state index is 12.2. The van der Waals surface area contributed by atoms with Gasteiger partial charge in [-0.05, 0) is 25.7 Å². The lowest BCUT2D eigenvalue weighted by Gasteiger charge is -2.19. The third-order valence-corrected chi connectivity index (χ3v) is 5.10. The summed E-state index contributed by atoms with van der Waals surface area (Å²) in [6.45, 7) is 3.69. The second kappa shape index (κ2) is 11.9. The number of carbonyl (C=O) groups excluding carboxylic acids is 1. The number of unbranched alkanes of at least 4 members (excludes halogenated alkanes) is 3. The Hall–Kier alpha value is -1.64. The van der Waals surface area contributed by atoms with Gasteiger partial charge >= 0.3 is 5.97 Å². The number of hydrogen-bond acceptors (Lipinski definition) is 4. The Morgan fingerprint density at radius 3 is 2.65 bits per heavy atom. The number of carbonyl (C=O) groups is 2. The van der Waals surface area contributed by atoms with E-state index in [0.717, 1.165) is 19.3 Å². The quantitative estimate of drug-likeness (QED) is 0.298. The van der Waals surface area contributed by atoms with Gasteiger partial charge < -0.3 is 15.3 Å². The minimum atomic E-state index is -0.776. The van der Waals surface area contributed by atoms with Gasteiger partial charge in [0, 0.05) is 31.1 Å². The first kappa shape index (κ1) is 22.4. The van der Waals surface area contributed by atoms with Crippen LogP contribution >= 0.6 is 0 Å². The molecule has 1 rings (SSSR count). The molecule has 1 aliphatic rings. The second-order valence-corrected chi connectivity index (χ2v) is 7.25. The molecule has 0 saturated heterocycles. The van der Waals surface area contributed by atoms with Crippen LogP contribution in [0.1, 0.15) is 65.2 Å². The number of aliphatic hydroxyl groups is 2. The number of ketones is 1. The van der Waals surface area contributed by atoms with Crippen LogP contribution in [-0.2, 0) is 9.59 Å². The predicted molar refractivity (Wildman–Crippen MR) is 100 cm³/mol. The lowest BCUT2D eigenvalue weighted by molar-refractivity contribution is -0.137. The highest BCUT2D eigenvalue weighted by Crippen LogP contribution is 2.34. The van der Waals surface area contributed by atoms with Crippen molar-refractivity contribution in [2.45, 2.75) is 77.4 Å². The van der Waals surface area contributed by atoms with E-state index in [1.54, 1.807) is 19.1 Å². The number of Topliss-reactive ketones (excluding diaryl/α,β-unsaturated/α-hetero) is 1. The summed E-state index contributed by atoms with van der Waals surface area (Å²) in [6.07, 6.45) is 7.05. The van der Waals surface area contributed by atoms with Crippen LogP contribution in [0.25, 0.3) is 0 Å². The molecule has 1 saturated carbocycles. The second-order valence-electron chi connectivity index (χ2n) is 7.25. The Bertz CT molecular complexity index is 542. The SMILES string of the molecule is CC#CC[C@H](C)[C@H](O)/C=C/[C@H]1[C@H](O)CC(=O)[C@@H]1CCCCCCC(=O)O. The zero-order chi connectivity index (χ0) is 19.5. The van der Waals surface area contributed by atoms with E-state index in [1.807, 2.05) is 6.92 Å². The molecule has 0 heterocycles. The van der Waals surface area contributed by atoms with Gasteiger partial charge in [-0.15, -0.1) is 11.8 Å². The molecule has 1 aliphatic carbocycles. The van der Waals surface area contributed by atoms with Crippen LogP contribution in [0.4, 0.5) is 0 Å². The third kappa shape index (κ3) is 7.72. The molecule has 3 N–H and O–H groups in total. The van der Waals surface area contributed by atoms with E-state index in [1.165, 1.54) is 0 Å². The molecule has 0 aromatic carbocycles. The van der Waals surface area contributed by atoms with Gasteiger partial charge in [0.15, 0.2) is 0 Å². The van der Waals surface area contributed by atoms with Gasteiger partial charge in [0.1, 0.15) is 5.78 Å². The maximum Gasteiger partial charge on any atom is 0.303 e. The molecule has 0 radical (unpaired) electrons. The van der Waals surface area contributed by atoms with Crippen molar-refractivity contribution in [1.82, 2.24) is 0 Å². The van der Waals surface area contributed by atoms with E-state index in [0.29, 0.717) is 19.3 Å². The summed E-state index contributed by atoms with van der Waals surface area (Å²) in [5.41, 5.74) is 0.